The molecule has 0 aliphatic rings. The molecule has 0 spiro atoms. The molecule has 1 unspecified atom stereocenters. The Kier molecular flexibility index (Phi) is 4.07. The summed E-state index contributed by atoms with van der Waals surface area (Å²) in [4.78, 5) is 16.2. The van der Waals surface area contributed by atoms with Crippen LogP contribution in [0.5, 0.6) is 0 Å². The van der Waals surface area contributed by atoms with E-state index < -0.39 is 5.97 Å². The van der Waals surface area contributed by atoms with Gasteiger partial charge in [-0.3, -0.25) is 4.98 Å². The number of rotatable bonds is 4. The minimum atomic E-state index is -0.994. The Morgan fingerprint density at radius 1 is 1.53 bits per heavy atom. The molecule has 6 heteroatoms. The lowest BCUT2D eigenvalue weighted by Gasteiger charge is -2.15. The van der Waals surface area contributed by atoms with E-state index in [1.807, 2.05) is 26.0 Å². The molecule has 0 bridgehead atoms. The van der Waals surface area contributed by atoms with Crippen LogP contribution < -0.4 is 5.32 Å². The highest BCUT2D eigenvalue weighted by molar-refractivity contribution is 7.16. The second kappa shape index (κ2) is 5.59. The molecule has 100 valence electrons. The SMILES string of the molecule is Cc1cc(NC(C)c2ccc(Cl)s2)c(C(=O)O)cn1. The van der Waals surface area contributed by atoms with Gasteiger partial charge in [0, 0.05) is 16.8 Å². The van der Waals surface area contributed by atoms with Gasteiger partial charge in [0.25, 0.3) is 0 Å². The van der Waals surface area contributed by atoms with E-state index in [9.17, 15) is 4.79 Å². The van der Waals surface area contributed by atoms with E-state index in [4.69, 9.17) is 16.7 Å². The second-order valence-corrected chi connectivity index (χ2v) is 5.93. The average molecular weight is 297 g/mol. The molecule has 2 aromatic heterocycles. The van der Waals surface area contributed by atoms with Crippen LogP contribution in [0.3, 0.4) is 0 Å². The Balaban J connectivity index is 2.27. The second-order valence-electron chi connectivity index (χ2n) is 4.18. The number of aryl methyl sites for hydroxylation is 1. The molecule has 0 radical (unpaired) electrons. The van der Waals surface area contributed by atoms with Crippen molar-refractivity contribution >= 4 is 34.6 Å². The summed E-state index contributed by atoms with van der Waals surface area (Å²) in [7, 11) is 0. The van der Waals surface area contributed by atoms with E-state index in [0.29, 0.717) is 10.0 Å². The zero-order valence-corrected chi connectivity index (χ0v) is 12.0. The number of pyridine rings is 1. The van der Waals surface area contributed by atoms with Crippen molar-refractivity contribution in [3.63, 3.8) is 0 Å². The maximum atomic E-state index is 11.2. The molecule has 2 heterocycles. The predicted octanol–water partition coefficient (Wildman–Crippen LogP) is 3.98. The first-order valence-electron chi connectivity index (χ1n) is 5.69. The fourth-order valence-corrected chi connectivity index (χ4v) is 2.78. The summed E-state index contributed by atoms with van der Waals surface area (Å²) in [6.45, 7) is 3.78. The van der Waals surface area contributed by atoms with Gasteiger partial charge in [-0.1, -0.05) is 11.6 Å². The number of carbonyl (C=O) groups is 1. The minimum absolute atomic E-state index is 0.0163. The van der Waals surface area contributed by atoms with Crippen LogP contribution in [0.15, 0.2) is 24.4 Å². The number of hydrogen-bond acceptors (Lipinski definition) is 4. The summed E-state index contributed by atoms with van der Waals surface area (Å²) in [5.41, 5.74) is 1.50. The molecule has 2 aromatic rings. The van der Waals surface area contributed by atoms with Gasteiger partial charge in [-0.25, -0.2) is 4.79 Å². The van der Waals surface area contributed by atoms with E-state index in [0.717, 1.165) is 10.6 Å². The zero-order chi connectivity index (χ0) is 14.0. The molecule has 0 aliphatic carbocycles. The average Bonchev–Trinajstić information content (AvgIpc) is 2.75. The first kappa shape index (κ1) is 13.8. The monoisotopic (exact) mass is 296 g/mol. The molecule has 2 N–H and O–H groups in total. The van der Waals surface area contributed by atoms with Crippen LogP contribution in [-0.2, 0) is 0 Å². The van der Waals surface area contributed by atoms with Crippen LogP contribution in [0.25, 0.3) is 0 Å². The Hall–Kier alpha value is -1.59. The standard InChI is InChI=1S/C13H13ClN2O2S/c1-7-5-10(9(6-15-7)13(17)18)16-8(2)11-3-4-12(14)19-11/h3-6,8H,1-2H3,(H,15,16)(H,17,18). The van der Waals surface area contributed by atoms with Crippen LogP contribution in [0.4, 0.5) is 5.69 Å². The molecular weight excluding hydrogens is 284 g/mol. The molecule has 19 heavy (non-hydrogen) atoms. The number of hydrogen-bond donors (Lipinski definition) is 2. The number of aromatic nitrogens is 1. The van der Waals surface area contributed by atoms with Gasteiger partial charge < -0.3 is 10.4 Å². The lowest BCUT2D eigenvalue weighted by atomic mass is 10.2. The molecule has 4 nitrogen and oxygen atoms in total. The number of halogens is 1. The van der Waals surface area contributed by atoms with Crippen molar-refractivity contribution in [2.24, 2.45) is 0 Å². The topological polar surface area (TPSA) is 62.2 Å². The molecule has 1 atom stereocenters. The number of nitrogens with zero attached hydrogens (tertiary/aromatic N) is 1. The Morgan fingerprint density at radius 3 is 2.84 bits per heavy atom. The van der Waals surface area contributed by atoms with Gasteiger partial charge in [-0.15, -0.1) is 11.3 Å². The van der Waals surface area contributed by atoms with Crippen LogP contribution >= 0.6 is 22.9 Å². The first-order chi connectivity index (χ1) is 8.97. The number of anilines is 1. The lowest BCUT2D eigenvalue weighted by molar-refractivity contribution is 0.0697. The molecule has 0 amide bonds. The van der Waals surface area contributed by atoms with Crippen LogP contribution in [-0.4, -0.2) is 16.1 Å². The summed E-state index contributed by atoms with van der Waals surface area (Å²) < 4.78 is 0.716. The number of thiophene rings is 1. The highest BCUT2D eigenvalue weighted by atomic mass is 35.5. The molecule has 0 aliphatic heterocycles. The van der Waals surface area contributed by atoms with Crippen LogP contribution in [0.2, 0.25) is 4.34 Å². The number of nitrogens with one attached hydrogen (secondary N) is 1. The molecule has 0 fully saturated rings. The van der Waals surface area contributed by atoms with Crippen molar-refractivity contribution in [2.75, 3.05) is 5.32 Å². The Labute approximate surface area is 120 Å². The van der Waals surface area contributed by atoms with Crippen molar-refractivity contribution in [3.8, 4) is 0 Å². The lowest BCUT2D eigenvalue weighted by Crippen LogP contribution is -2.10. The Morgan fingerprint density at radius 2 is 2.26 bits per heavy atom. The molecule has 0 aromatic carbocycles. The smallest absolute Gasteiger partial charge is 0.339 e. The van der Waals surface area contributed by atoms with Gasteiger partial charge in [0.05, 0.1) is 16.1 Å². The zero-order valence-electron chi connectivity index (χ0n) is 10.5. The molecular formula is C13H13ClN2O2S. The van der Waals surface area contributed by atoms with E-state index in [1.165, 1.54) is 17.5 Å². The predicted molar refractivity (Wildman–Crippen MR) is 77.3 cm³/mol. The van der Waals surface area contributed by atoms with Crippen molar-refractivity contribution < 1.29 is 9.90 Å². The van der Waals surface area contributed by atoms with Gasteiger partial charge in [0.15, 0.2) is 0 Å². The van der Waals surface area contributed by atoms with E-state index in [2.05, 4.69) is 10.3 Å². The molecule has 2 rings (SSSR count). The fraction of sp³-hybridized carbons (Fsp3) is 0.231. The molecule has 0 saturated heterocycles. The van der Waals surface area contributed by atoms with Gasteiger partial charge in [-0.2, -0.15) is 0 Å². The van der Waals surface area contributed by atoms with Crippen LogP contribution in [0.1, 0.15) is 33.9 Å². The number of aromatic carboxylic acids is 1. The minimum Gasteiger partial charge on any atom is -0.478 e. The Bertz CT molecular complexity index is 612. The summed E-state index contributed by atoms with van der Waals surface area (Å²) in [5.74, 6) is -0.994. The summed E-state index contributed by atoms with van der Waals surface area (Å²) in [6, 6.07) is 5.47. The van der Waals surface area contributed by atoms with E-state index in [-0.39, 0.29) is 11.6 Å². The maximum absolute atomic E-state index is 11.2. The highest BCUT2D eigenvalue weighted by Crippen LogP contribution is 2.30. The van der Waals surface area contributed by atoms with Crippen molar-refractivity contribution in [1.29, 1.82) is 0 Å². The van der Waals surface area contributed by atoms with Gasteiger partial charge in [0.2, 0.25) is 0 Å². The quantitative estimate of drug-likeness (QED) is 0.896. The van der Waals surface area contributed by atoms with Gasteiger partial charge in [-0.05, 0) is 32.0 Å². The third kappa shape index (κ3) is 3.24. The summed E-state index contributed by atoms with van der Waals surface area (Å²) in [6.07, 6.45) is 1.37. The summed E-state index contributed by atoms with van der Waals surface area (Å²) in [5, 5.41) is 12.3. The maximum Gasteiger partial charge on any atom is 0.339 e. The van der Waals surface area contributed by atoms with Gasteiger partial charge in [0.1, 0.15) is 5.56 Å². The van der Waals surface area contributed by atoms with E-state index in [1.54, 1.807) is 6.07 Å². The van der Waals surface area contributed by atoms with E-state index >= 15 is 0 Å². The van der Waals surface area contributed by atoms with Gasteiger partial charge >= 0.3 is 5.97 Å². The van der Waals surface area contributed by atoms with Crippen molar-refractivity contribution in [3.05, 3.63) is 44.9 Å². The van der Waals surface area contributed by atoms with Crippen molar-refractivity contribution in [1.82, 2.24) is 4.98 Å². The number of carboxylic acids is 1. The van der Waals surface area contributed by atoms with Crippen molar-refractivity contribution in [2.45, 2.75) is 19.9 Å². The fourth-order valence-electron chi connectivity index (χ4n) is 1.72. The first-order valence-corrected chi connectivity index (χ1v) is 6.88. The largest absolute Gasteiger partial charge is 0.478 e. The van der Waals surface area contributed by atoms with Crippen LogP contribution in [0, 0.1) is 6.92 Å². The highest BCUT2D eigenvalue weighted by Gasteiger charge is 2.14. The molecule has 0 saturated carbocycles. The third-order valence-electron chi connectivity index (χ3n) is 2.66. The number of carboxylic acid groups (broad SMARTS) is 1. The third-order valence-corrected chi connectivity index (χ3v) is 4.08. The normalized spacial score (nSPS) is 12.2. The summed E-state index contributed by atoms with van der Waals surface area (Å²) >= 11 is 7.37.